The molecular formula is C20H20ClN5O6. The van der Waals surface area contributed by atoms with Gasteiger partial charge in [-0.25, -0.2) is 14.6 Å². The Morgan fingerprint density at radius 1 is 1.31 bits per heavy atom. The number of carboxylic acids is 2. The number of nitrogens with one attached hydrogen (secondary N) is 1. The fraction of sp³-hybridized carbons (Fsp3) is 0.250. The van der Waals surface area contributed by atoms with E-state index in [2.05, 4.69) is 20.1 Å². The van der Waals surface area contributed by atoms with Gasteiger partial charge in [-0.15, -0.1) is 0 Å². The van der Waals surface area contributed by atoms with Gasteiger partial charge in [0.15, 0.2) is 0 Å². The minimum absolute atomic E-state index is 0.175. The number of nitrogens with two attached hydrogens (primary N) is 1. The van der Waals surface area contributed by atoms with Crippen LogP contribution < -0.4 is 10.5 Å². The normalized spacial score (nSPS) is 15.0. The van der Waals surface area contributed by atoms with E-state index in [0.717, 1.165) is 30.7 Å². The highest BCUT2D eigenvalue weighted by atomic mass is 35.5. The highest BCUT2D eigenvalue weighted by molar-refractivity contribution is 6.33. The summed E-state index contributed by atoms with van der Waals surface area (Å²) >= 11 is 6.11. The van der Waals surface area contributed by atoms with Gasteiger partial charge in [-0.1, -0.05) is 16.8 Å². The van der Waals surface area contributed by atoms with Crippen LogP contribution in [0.5, 0.6) is 5.75 Å². The summed E-state index contributed by atoms with van der Waals surface area (Å²) < 4.78 is 10.8. The van der Waals surface area contributed by atoms with E-state index < -0.39 is 11.9 Å². The monoisotopic (exact) mass is 461 g/mol. The smallest absolute Gasteiger partial charge is 0.328 e. The van der Waals surface area contributed by atoms with Crippen molar-refractivity contribution in [1.82, 2.24) is 20.1 Å². The number of H-pyrrole nitrogens is 1. The summed E-state index contributed by atoms with van der Waals surface area (Å²) in [4.78, 5) is 31.1. The molecule has 2 heterocycles. The summed E-state index contributed by atoms with van der Waals surface area (Å²) in [5.41, 5.74) is 9.18. The first-order valence-electron chi connectivity index (χ1n) is 9.40. The van der Waals surface area contributed by atoms with Crippen molar-refractivity contribution >= 4 is 29.2 Å². The predicted octanol–water partition coefficient (Wildman–Crippen LogP) is 2.69. The lowest BCUT2D eigenvalue weighted by atomic mass is 9.90. The number of benzene rings is 1. The molecule has 168 valence electrons. The highest BCUT2D eigenvalue weighted by Crippen LogP contribution is 2.36. The zero-order valence-electron chi connectivity index (χ0n) is 16.9. The van der Waals surface area contributed by atoms with Crippen LogP contribution in [0.25, 0.3) is 11.4 Å². The lowest BCUT2D eigenvalue weighted by Crippen LogP contribution is -2.13. The second-order valence-electron chi connectivity index (χ2n) is 6.81. The van der Waals surface area contributed by atoms with Crippen LogP contribution in [0.3, 0.4) is 0 Å². The van der Waals surface area contributed by atoms with E-state index in [0.29, 0.717) is 45.9 Å². The molecule has 5 N–H and O–H groups in total. The molecule has 0 spiro atoms. The molecule has 1 aliphatic carbocycles. The quantitative estimate of drug-likeness (QED) is 0.326. The largest absolute Gasteiger partial charge is 0.496 e. The van der Waals surface area contributed by atoms with E-state index in [-0.39, 0.29) is 5.92 Å². The molecule has 0 saturated carbocycles. The Bertz CT molecular complexity index is 1140. The van der Waals surface area contributed by atoms with Gasteiger partial charge >= 0.3 is 11.9 Å². The van der Waals surface area contributed by atoms with Crippen molar-refractivity contribution in [3.63, 3.8) is 0 Å². The first-order chi connectivity index (χ1) is 15.3. The van der Waals surface area contributed by atoms with Crippen molar-refractivity contribution in [2.45, 2.75) is 25.2 Å². The second kappa shape index (κ2) is 9.96. The van der Waals surface area contributed by atoms with Crippen LogP contribution in [0.2, 0.25) is 5.02 Å². The summed E-state index contributed by atoms with van der Waals surface area (Å²) in [5.74, 6) is -0.725. The number of aromatic amines is 1. The van der Waals surface area contributed by atoms with Crippen molar-refractivity contribution in [2.75, 3.05) is 12.8 Å². The zero-order valence-corrected chi connectivity index (χ0v) is 17.7. The van der Waals surface area contributed by atoms with Crippen LogP contribution in [0.1, 0.15) is 29.6 Å². The number of aromatic nitrogens is 4. The fourth-order valence-electron chi connectivity index (χ4n) is 3.18. The Hall–Kier alpha value is -3.86. The van der Waals surface area contributed by atoms with E-state index in [9.17, 15) is 9.59 Å². The molecule has 0 radical (unpaired) electrons. The van der Waals surface area contributed by atoms with Gasteiger partial charge in [0.25, 0.3) is 0 Å². The molecule has 0 saturated heterocycles. The second-order valence-corrected chi connectivity index (χ2v) is 7.21. The zero-order chi connectivity index (χ0) is 23.3. The summed E-state index contributed by atoms with van der Waals surface area (Å²) in [6, 6.07) is 3.35. The van der Waals surface area contributed by atoms with E-state index in [4.69, 9.17) is 36.8 Å². The third-order valence-electron chi connectivity index (χ3n) is 4.71. The Labute approximate surface area is 186 Å². The van der Waals surface area contributed by atoms with Crippen molar-refractivity contribution in [3.05, 3.63) is 52.9 Å². The molecule has 12 heteroatoms. The first kappa shape index (κ1) is 22.8. The van der Waals surface area contributed by atoms with Crippen LogP contribution in [-0.4, -0.2) is 49.4 Å². The summed E-state index contributed by atoms with van der Waals surface area (Å²) in [6.45, 7) is 0. The molecule has 0 amide bonds. The van der Waals surface area contributed by atoms with Gasteiger partial charge in [0, 0.05) is 36.3 Å². The summed E-state index contributed by atoms with van der Waals surface area (Å²) in [7, 11) is 1.56. The Morgan fingerprint density at radius 3 is 2.69 bits per heavy atom. The highest BCUT2D eigenvalue weighted by Gasteiger charge is 2.27. The van der Waals surface area contributed by atoms with Crippen molar-refractivity contribution in [1.29, 1.82) is 0 Å². The molecule has 3 aromatic rings. The topological polar surface area (TPSA) is 177 Å². The van der Waals surface area contributed by atoms with Crippen molar-refractivity contribution < 1.29 is 29.1 Å². The lowest BCUT2D eigenvalue weighted by molar-refractivity contribution is -0.134. The number of hydrogen-bond acceptors (Lipinski definition) is 8. The lowest BCUT2D eigenvalue weighted by Gasteiger charge is -2.17. The van der Waals surface area contributed by atoms with Crippen LogP contribution in [0.15, 0.2) is 35.1 Å². The molecule has 4 rings (SSSR count). The van der Waals surface area contributed by atoms with Gasteiger partial charge < -0.3 is 30.2 Å². The molecule has 1 aromatic carbocycles. The number of methoxy groups -OCH3 is 1. The maximum atomic E-state index is 9.55. The minimum Gasteiger partial charge on any atom is -0.496 e. The molecule has 11 nitrogen and oxygen atoms in total. The number of hydrogen-bond donors (Lipinski definition) is 4. The van der Waals surface area contributed by atoms with Crippen LogP contribution in [0, 0.1) is 0 Å². The maximum absolute atomic E-state index is 9.55. The number of anilines is 1. The van der Waals surface area contributed by atoms with Crippen LogP contribution >= 0.6 is 11.6 Å². The van der Waals surface area contributed by atoms with Crippen molar-refractivity contribution in [3.8, 4) is 17.1 Å². The molecule has 1 atom stereocenters. The number of fused-ring (bicyclic) bond motifs is 1. The number of carboxylic acid groups (broad SMARTS) is 2. The molecule has 0 fully saturated rings. The average Bonchev–Trinajstić information content (AvgIpc) is 3.43. The van der Waals surface area contributed by atoms with E-state index in [1.165, 1.54) is 0 Å². The van der Waals surface area contributed by atoms with Gasteiger partial charge in [-0.3, -0.25) is 0 Å². The number of aryl methyl sites for hydroxylation is 1. The predicted molar refractivity (Wildman–Crippen MR) is 113 cm³/mol. The van der Waals surface area contributed by atoms with Crippen molar-refractivity contribution in [2.24, 2.45) is 0 Å². The Balaban J connectivity index is 0.000000312. The number of ether oxygens (including phenoxy) is 1. The van der Waals surface area contributed by atoms with E-state index >= 15 is 0 Å². The van der Waals surface area contributed by atoms with Gasteiger partial charge in [-0.05, 0) is 18.9 Å². The van der Waals surface area contributed by atoms with Crippen LogP contribution in [0.4, 0.5) is 5.69 Å². The molecule has 32 heavy (non-hydrogen) atoms. The molecule has 1 unspecified atom stereocenters. The van der Waals surface area contributed by atoms with Gasteiger partial charge in [0.05, 0.1) is 35.4 Å². The first-order valence-corrected chi connectivity index (χ1v) is 9.78. The number of halogens is 1. The number of imidazole rings is 1. The van der Waals surface area contributed by atoms with Gasteiger partial charge in [0.2, 0.25) is 11.7 Å². The summed E-state index contributed by atoms with van der Waals surface area (Å²) in [5, 5.41) is 20.1. The number of nitrogens with zero attached hydrogens (tertiary/aromatic N) is 3. The Morgan fingerprint density at radius 2 is 2.03 bits per heavy atom. The van der Waals surface area contributed by atoms with E-state index in [1.807, 2.05) is 0 Å². The number of aliphatic carboxylic acids is 2. The van der Waals surface area contributed by atoms with Crippen LogP contribution in [-0.2, 0) is 22.4 Å². The third-order valence-corrected chi connectivity index (χ3v) is 5.03. The standard InChI is InChI=1S/C16H16ClN5O2.C4H4O4/c1-23-14-6-11(18)10(17)5-9(14)15-21-16(24-22-15)8-2-3-12-13(4-8)20-7-19-12;5-3(6)1-2-4(7)8/h5-8H,2-4,18H2,1H3,(H,19,20);1-2H,(H,5,6)(H,7,8)/b;2-1+. The van der Waals surface area contributed by atoms with E-state index in [1.54, 1.807) is 25.6 Å². The van der Waals surface area contributed by atoms with Gasteiger partial charge in [0.1, 0.15) is 5.75 Å². The maximum Gasteiger partial charge on any atom is 0.328 e. The molecule has 1 aliphatic rings. The molecule has 2 aromatic heterocycles. The number of rotatable bonds is 5. The molecule has 0 bridgehead atoms. The van der Waals surface area contributed by atoms with Gasteiger partial charge in [-0.2, -0.15) is 4.98 Å². The molecule has 0 aliphatic heterocycles. The Kier molecular flexibility index (Phi) is 7.11. The summed E-state index contributed by atoms with van der Waals surface area (Å²) in [6.07, 6.45) is 5.49. The third kappa shape index (κ3) is 5.43. The SMILES string of the molecule is COc1cc(N)c(Cl)cc1-c1noc(C2CCc3nc[nH]c3C2)n1.O=C(O)/C=C/C(=O)O. The average molecular weight is 462 g/mol. The fourth-order valence-corrected chi connectivity index (χ4v) is 3.34. The number of nitrogen functional groups attached to an aromatic ring is 1. The molecular weight excluding hydrogens is 442 g/mol. The number of carbonyl (C=O) groups is 2. The minimum atomic E-state index is -1.26.